The van der Waals surface area contributed by atoms with Crippen LogP contribution in [0.5, 0.6) is 0 Å². The first kappa shape index (κ1) is 8.69. The van der Waals surface area contributed by atoms with E-state index >= 15 is 0 Å². The summed E-state index contributed by atoms with van der Waals surface area (Å²) in [6.07, 6.45) is 10.3. The molecule has 74 valence electrons. The zero-order valence-corrected chi connectivity index (χ0v) is 8.71. The number of aliphatic imine (C=N–C) groups is 1. The zero-order chi connectivity index (χ0) is 9.38. The summed E-state index contributed by atoms with van der Waals surface area (Å²) in [6, 6.07) is 0. The Morgan fingerprint density at radius 3 is 2.79 bits per heavy atom. The first-order valence-electron chi connectivity index (χ1n) is 6.07. The molecule has 0 bridgehead atoms. The van der Waals surface area contributed by atoms with E-state index in [4.69, 9.17) is 9.90 Å². The Labute approximate surface area is 86.0 Å². The Bertz CT molecular complexity index is 266. The number of rotatable bonds is 0. The van der Waals surface area contributed by atoms with Gasteiger partial charge in [0.1, 0.15) is 0 Å². The molecule has 3 aliphatic rings. The smallest absolute Gasteiger partial charge is 0.304 e. The van der Waals surface area contributed by atoms with Crippen LogP contribution in [0.4, 0.5) is 0 Å². The predicted octanol–water partition coefficient (Wildman–Crippen LogP) is 2.54. The molecule has 0 aromatic rings. The van der Waals surface area contributed by atoms with Crippen LogP contribution in [-0.4, -0.2) is 24.2 Å². The average molecular weight is 188 g/mol. The Kier molecular flexibility index (Phi) is 2.19. The fourth-order valence-corrected chi connectivity index (χ4v) is 2.94. The first-order valence-corrected chi connectivity index (χ1v) is 6.07. The molecule has 1 saturated carbocycles. The van der Waals surface area contributed by atoms with Gasteiger partial charge in [-0.1, -0.05) is 19.2 Å². The van der Waals surface area contributed by atoms with Gasteiger partial charge in [-0.3, -0.25) is 4.99 Å². The van der Waals surface area contributed by atoms with Crippen LogP contribution < -0.4 is 0 Å². The van der Waals surface area contributed by atoms with Gasteiger partial charge in [0.2, 0.25) is 0 Å². The van der Waals surface area contributed by atoms with Gasteiger partial charge in [-0.05, 0) is 32.1 Å². The maximum Gasteiger partial charge on any atom is 0.304 e. The lowest BCUT2D eigenvalue weighted by molar-refractivity contribution is 0.632. The van der Waals surface area contributed by atoms with Crippen LogP contribution in [0.25, 0.3) is 0 Å². The van der Waals surface area contributed by atoms with E-state index in [1.807, 2.05) is 0 Å². The Morgan fingerprint density at radius 1 is 1.00 bits per heavy atom. The van der Waals surface area contributed by atoms with Crippen LogP contribution in [0.1, 0.15) is 44.9 Å². The first-order chi connectivity index (χ1) is 6.93. The molecule has 0 amide bonds. The van der Waals surface area contributed by atoms with E-state index in [1.54, 1.807) is 0 Å². The van der Waals surface area contributed by atoms with Crippen molar-refractivity contribution < 1.29 is 0 Å². The van der Waals surface area contributed by atoms with E-state index < -0.39 is 0 Å². The van der Waals surface area contributed by atoms with Crippen molar-refractivity contribution in [3.8, 4) is 0 Å². The second kappa shape index (κ2) is 3.52. The third-order valence-electron chi connectivity index (χ3n) is 3.75. The highest BCUT2D eigenvalue weighted by Gasteiger charge is 2.33. The lowest BCUT2D eigenvalue weighted by atomic mass is 9.48. The minimum Gasteiger partial charge on any atom is -0.342 e. The summed E-state index contributed by atoms with van der Waals surface area (Å²) in [5.74, 6) is 0.556. The van der Waals surface area contributed by atoms with Crippen LogP contribution in [0.3, 0.4) is 0 Å². The van der Waals surface area contributed by atoms with Crippen LogP contribution >= 0.6 is 0 Å². The van der Waals surface area contributed by atoms with Crippen molar-refractivity contribution in [1.29, 1.82) is 0 Å². The van der Waals surface area contributed by atoms with E-state index in [1.165, 1.54) is 62.7 Å². The van der Waals surface area contributed by atoms with Crippen molar-refractivity contribution in [3.05, 3.63) is 0 Å². The van der Waals surface area contributed by atoms with Gasteiger partial charge < -0.3 is 4.90 Å². The Balaban J connectivity index is 1.86. The van der Waals surface area contributed by atoms with Gasteiger partial charge in [-0.2, -0.15) is 0 Å². The Hall–Kier alpha value is -0.595. The highest BCUT2D eigenvalue weighted by atomic mass is 14.9. The molecule has 2 aliphatic heterocycles. The quantitative estimate of drug-likeness (QED) is 0.522. The zero-order valence-electron chi connectivity index (χ0n) is 8.71. The summed E-state index contributed by atoms with van der Waals surface area (Å²) in [7, 11) is 0. The summed E-state index contributed by atoms with van der Waals surface area (Å²) in [5, 5.41) is 0. The Morgan fingerprint density at radius 2 is 1.86 bits per heavy atom. The number of fused-ring (bicyclic) bond motifs is 2. The predicted molar refractivity (Wildman–Crippen MR) is 61.5 cm³/mol. The minimum absolute atomic E-state index is 0.556. The molecule has 2 nitrogen and oxygen atoms in total. The van der Waals surface area contributed by atoms with Gasteiger partial charge in [-0.25, -0.2) is 0 Å². The second-order valence-corrected chi connectivity index (χ2v) is 4.78. The summed E-state index contributed by atoms with van der Waals surface area (Å²) in [4.78, 5) is 9.82. The van der Waals surface area contributed by atoms with E-state index in [2.05, 4.69) is 0 Å². The van der Waals surface area contributed by atoms with Gasteiger partial charge in [-0.15, -0.1) is 0 Å². The molecular weight excluding hydrogens is 171 g/mol. The lowest BCUT2D eigenvalue weighted by Crippen LogP contribution is -2.39. The molecule has 0 aromatic heterocycles. The molecule has 0 radical (unpaired) electrons. The molecule has 1 aliphatic carbocycles. The van der Waals surface area contributed by atoms with E-state index in [0.29, 0.717) is 12.8 Å². The van der Waals surface area contributed by atoms with Crippen molar-refractivity contribution >= 4 is 18.3 Å². The average Bonchev–Trinajstić information content (AvgIpc) is 2.26. The summed E-state index contributed by atoms with van der Waals surface area (Å²) < 4.78 is 0. The molecule has 3 rings (SSSR count). The molecule has 2 fully saturated rings. The molecule has 1 saturated heterocycles. The van der Waals surface area contributed by atoms with E-state index in [0.717, 1.165) is 0 Å². The minimum atomic E-state index is 0.556. The molecule has 2 heterocycles. The molecule has 1 atom stereocenters. The largest absolute Gasteiger partial charge is 0.342 e. The topological polar surface area (TPSA) is 24.7 Å². The third kappa shape index (κ3) is 1.43. The van der Waals surface area contributed by atoms with Gasteiger partial charge in [0.15, 0.2) is 0 Å². The fraction of sp³-hybridized carbons (Fsp3) is 0.818. The summed E-state index contributed by atoms with van der Waals surface area (Å²) >= 11 is 0. The highest BCUT2D eigenvalue weighted by Crippen LogP contribution is 2.27. The van der Waals surface area contributed by atoms with Crippen molar-refractivity contribution in [1.82, 2.24) is 0 Å². The SMILES string of the molecule is C1CCC2N=C3CCCCC3=NB2C1. The standard InChI is InChI=1S/C11H17BN2/c1-2-6-10-9(5-1)13-11-7-3-4-8-12(11)14-10/h11H,1-8H2. The fourth-order valence-electron chi connectivity index (χ4n) is 2.94. The third-order valence-corrected chi connectivity index (χ3v) is 3.75. The van der Waals surface area contributed by atoms with Crippen LogP contribution in [0, 0.1) is 0 Å². The molecule has 3 heteroatoms. The normalized spacial score (nSPS) is 31.4. The molecule has 0 aromatic carbocycles. The second-order valence-electron chi connectivity index (χ2n) is 4.78. The van der Waals surface area contributed by atoms with E-state index in [9.17, 15) is 0 Å². The number of hydrogen-bond acceptors (Lipinski definition) is 2. The maximum atomic E-state index is 4.91. The number of hydrogen-bond donors (Lipinski definition) is 0. The molecule has 0 N–H and O–H groups in total. The summed E-state index contributed by atoms with van der Waals surface area (Å²) in [6.45, 7) is 0.556. The lowest BCUT2D eigenvalue weighted by Gasteiger charge is -2.30. The van der Waals surface area contributed by atoms with Gasteiger partial charge in [0, 0.05) is 5.71 Å². The van der Waals surface area contributed by atoms with Crippen LogP contribution in [0.2, 0.25) is 6.32 Å². The van der Waals surface area contributed by atoms with Crippen LogP contribution in [-0.2, 0) is 0 Å². The number of nitrogens with zero attached hydrogens (tertiary/aromatic N) is 2. The highest BCUT2D eigenvalue weighted by molar-refractivity contribution is 6.65. The molecular formula is C11H17BN2. The van der Waals surface area contributed by atoms with Crippen molar-refractivity contribution in [2.75, 3.05) is 0 Å². The molecule has 0 spiro atoms. The van der Waals surface area contributed by atoms with Crippen LogP contribution in [0.15, 0.2) is 9.90 Å². The monoisotopic (exact) mass is 188 g/mol. The van der Waals surface area contributed by atoms with Gasteiger partial charge in [0.25, 0.3) is 0 Å². The maximum absolute atomic E-state index is 4.91. The van der Waals surface area contributed by atoms with Crippen molar-refractivity contribution in [3.63, 3.8) is 0 Å². The van der Waals surface area contributed by atoms with E-state index in [-0.39, 0.29) is 0 Å². The van der Waals surface area contributed by atoms with Gasteiger partial charge >= 0.3 is 6.85 Å². The molecule has 1 unspecified atom stereocenters. The van der Waals surface area contributed by atoms with Crippen molar-refractivity contribution in [2.24, 2.45) is 9.90 Å². The molecule has 14 heavy (non-hydrogen) atoms. The summed E-state index contributed by atoms with van der Waals surface area (Å²) in [5.41, 5.74) is 2.72. The van der Waals surface area contributed by atoms with Gasteiger partial charge in [0.05, 0.1) is 11.7 Å². The van der Waals surface area contributed by atoms with Crippen molar-refractivity contribution in [2.45, 2.75) is 57.2 Å².